The average molecular weight is 454 g/mol. The molecule has 0 saturated heterocycles. The van der Waals surface area contributed by atoms with Gasteiger partial charge in [0.1, 0.15) is 10.1 Å². The van der Waals surface area contributed by atoms with E-state index in [9.17, 15) is 31.0 Å². The maximum absolute atomic E-state index is 12.3. The summed E-state index contributed by atoms with van der Waals surface area (Å²) in [6, 6.07) is 13.3. The Bertz CT molecular complexity index is 1220. The summed E-state index contributed by atoms with van der Waals surface area (Å²) in [5.41, 5.74) is 2.03. The molecule has 0 spiro atoms. The normalized spacial score (nSPS) is 11.2. The number of nitrogens with zero attached hydrogens (tertiary/aromatic N) is 1. The molecule has 29 heavy (non-hydrogen) atoms. The van der Waals surface area contributed by atoms with Crippen molar-refractivity contribution in [2.45, 2.75) is 4.90 Å². The van der Waals surface area contributed by atoms with Crippen LogP contribution in [-0.4, -0.2) is 25.9 Å². The number of anilines is 2. The molecule has 0 saturated carbocycles. The van der Waals surface area contributed by atoms with Crippen molar-refractivity contribution in [2.75, 3.05) is 9.84 Å². The van der Waals surface area contributed by atoms with Gasteiger partial charge in [0.25, 0.3) is 0 Å². The molecule has 13 heteroatoms. The molecule has 3 aromatic carbocycles. The van der Waals surface area contributed by atoms with Crippen molar-refractivity contribution in [1.82, 2.24) is 0 Å². The van der Waals surface area contributed by atoms with Crippen molar-refractivity contribution in [3.05, 3.63) is 60.7 Å². The van der Waals surface area contributed by atoms with Crippen LogP contribution in [0.3, 0.4) is 0 Å². The molecule has 0 aromatic heterocycles. The predicted molar refractivity (Wildman–Crippen MR) is 95.4 cm³/mol. The van der Waals surface area contributed by atoms with Crippen molar-refractivity contribution in [3.63, 3.8) is 0 Å². The number of rotatable bonds is 5. The number of hydrogen-bond acceptors (Lipinski definition) is 7. The molecule has 9 nitrogen and oxygen atoms in total. The molecule has 142 valence electrons. The van der Waals surface area contributed by atoms with Crippen LogP contribution >= 0.6 is 0 Å². The molecule has 0 heterocycles. The fourth-order valence-corrected chi connectivity index (χ4v) is 3.60. The summed E-state index contributed by atoms with van der Waals surface area (Å²) in [6.07, 6.45) is 0. The molecule has 2 N–H and O–H groups in total. The van der Waals surface area contributed by atoms with E-state index < -0.39 is 31.1 Å². The van der Waals surface area contributed by atoms with E-state index in [0.717, 1.165) is 30.3 Å². The minimum Gasteiger partial charge on any atom is -0.871 e. The number of fused-ring (bicyclic) bond motifs is 1. The van der Waals surface area contributed by atoms with Gasteiger partial charge >= 0.3 is 69.4 Å². The summed E-state index contributed by atoms with van der Waals surface area (Å²) >= 11 is 0. The van der Waals surface area contributed by atoms with Gasteiger partial charge in [-0.15, -0.1) is 0 Å². The molecule has 3 aromatic rings. The fourth-order valence-electron chi connectivity index (χ4n) is 2.49. The average Bonchev–Trinajstić information content (AvgIpc) is 2.59. The zero-order valence-electron chi connectivity index (χ0n) is 15.4. The van der Waals surface area contributed by atoms with E-state index in [1.807, 2.05) is 0 Å². The SMILES string of the molecule is O=S(=O)([O-])c1ccc(NN(c2c([O-])ccc3ccccc23)S(=O)(=O)O)cc1.[Na+].[Na+]. The first-order chi connectivity index (χ1) is 12.6. The Morgan fingerprint density at radius 3 is 2.00 bits per heavy atom. The van der Waals surface area contributed by atoms with Gasteiger partial charge in [-0.25, -0.2) is 8.42 Å². The molecule has 3 rings (SSSR count). The van der Waals surface area contributed by atoms with Crippen LogP contribution in [-0.2, 0) is 20.4 Å². The van der Waals surface area contributed by atoms with E-state index >= 15 is 0 Å². The fraction of sp³-hybridized carbons (Fsp3) is 0. The maximum Gasteiger partial charge on any atom is 1.00 e. The van der Waals surface area contributed by atoms with Gasteiger partial charge < -0.3 is 9.66 Å². The number of benzene rings is 3. The van der Waals surface area contributed by atoms with E-state index in [-0.39, 0.29) is 75.9 Å². The van der Waals surface area contributed by atoms with Crippen LogP contribution in [0.1, 0.15) is 0 Å². The van der Waals surface area contributed by atoms with Crippen LogP contribution in [0.2, 0.25) is 0 Å². The minimum absolute atomic E-state index is 0. The van der Waals surface area contributed by atoms with E-state index in [0.29, 0.717) is 9.80 Å². The Hall–Kier alpha value is -0.860. The zero-order valence-corrected chi connectivity index (χ0v) is 21.1. The van der Waals surface area contributed by atoms with Crippen LogP contribution in [0.25, 0.3) is 10.8 Å². The maximum atomic E-state index is 12.3. The van der Waals surface area contributed by atoms with Crippen molar-refractivity contribution in [2.24, 2.45) is 0 Å². The topological polar surface area (TPSA) is 150 Å². The summed E-state index contributed by atoms with van der Waals surface area (Å²) in [5.74, 6) is -0.669. The van der Waals surface area contributed by atoms with Gasteiger partial charge in [0.2, 0.25) is 0 Å². The third-order valence-corrected chi connectivity index (χ3v) is 5.26. The van der Waals surface area contributed by atoms with Crippen LogP contribution in [0.15, 0.2) is 65.6 Å². The van der Waals surface area contributed by atoms with Crippen molar-refractivity contribution in [1.29, 1.82) is 0 Å². The summed E-state index contributed by atoms with van der Waals surface area (Å²) in [4.78, 5) is -0.513. The summed E-state index contributed by atoms with van der Waals surface area (Å²) in [7, 11) is -9.60. The van der Waals surface area contributed by atoms with E-state index in [1.165, 1.54) is 12.1 Å². The molecular weight excluding hydrogens is 442 g/mol. The van der Waals surface area contributed by atoms with E-state index in [1.54, 1.807) is 18.2 Å². The largest absolute Gasteiger partial charge is 1.00 e. The molecule has 0 atom stereocenters. The quantitative estimate of drug-likeness (QED) is 0.222. The van der Waals surface area contributed by atoms with Gasteiger partial charge in [-0.05, 0) is 29.7 Å². The molecule has 0 bridgehead atoms. The van der Waals surface area contributed by atoms with Gasteiger partial charge in [-0.1, -0.05) is 42.1 Å². The van der Waals surface area contributed by atoms with Gasteiger partial charge in [-0.3, -0.25) is 9.98 Å². The van der Waals surface area contributed by atoms with E-state index in [4.69, 9.17) is 0 Å². The smallest absolute Gasteiger partial charge is 0.871 e. The second-order valence-electron chi connectivity index (χ2n) is 5.47. The molecule has 0 unspecified atom stereocenters. The van der Waals surface area contributed by atoms with E-state index in [2.05, 4.69) is 5.43 Å². The standard InChI is InChI=1S/C16H14N2O7S2.2Na/c19-15-10-5-11-3-1-2-4-14(11)16(15)18(27(23,24)25)17-12-6-8-13(9-7-12)26(20,21)22;;/h1-10,17,19H,(H,20,21,22)(H,23,24,25);;/q;2*+1/p-2. The molecule has 0 radical (unpaired) electrons. The molecule has 0 fully saturated rings. The Kier molecular flexibility index (Phi) is 8.99. The van der Waals surface area contributed by atoms with Crippen LogP contribution in [0, 0.1) is 0 Å². The Balaban J connectivity index is 0.00000210. The molecular formula is C16H12N2Na2O7S2. The van der Waals surface area contributed by atoms with Gasteiger partial charge in [0.15, 0.2) is 0 Å². The van der Waals surface area contributed by atoms with Crippen molar-refractivity contribution in [3.8, 4) is 5.75 Å². The molecule has 0 aliphatic rings. The van der Waals surface area contributed by atoms with Crippen LogP contribution in [0.4, 0.5) is 11.4 Å². The van der Waals surface area contributed by atoms with Crippen molar-refractivity contribution >= 4 is 42.6 Å². The van der Waals surface area contributed by atoms with Crippen molar-refractivity contribution < 1.29 is 90.2 Å². The Labute approximate surface area is 211 Å². The number of nitrogens with one attached hydrogen (secondary N) is 1. The minimum atomic E-state index is -4.93. The second-order valence-corrected chi connectivity index (χ2v) is 8.11. The van der Waals surface area contributed by atoms with Gasteiger partial charge in [-0.2, -0.15) is 12.8 Å². The number of hydrazine groups is 1. The monoisotopic (exact) mass is 454 g/mol. The molecule has 0 aliphatic carbocycles. The predicted octanol–water partition coefficient (Wildman–Crippen LogP) is -4.54. The first kappa shape index (κ1) is 26.2. The molecule has 0 aliphatic heterocycles. The summed E-state index contributed by atoms with van der Waals surface area (Å²) < 4.78 is 66.6. The van der Waals surface area contributed by atoms with Crippen LogP contribution < -0.4 is 74.1 Å². The zero-order chi connectivity index (χ0) is 19.8. The summed E-state index contributed by atoms with van der Waals surface area (Å²) in [6.45, 7) is 0. The number of hydrogen-bond donors (Lipinski definition) is 2. The van der Waals surface area contributed by atoms with Gasteiger partial charge in [0, 0.05) is 5.39 Å². The second kappa shape index (κ2) is 9.96. The summed E-state index contributed by atoms with van der Waals surface area (Å²) in [5, 5.41) is 13.2. The first-order valence-electron chi connectivity index (χ1n) is 7.36. The third-order valence-electron chi connectivity index (χ3n) is 3.67. The Morgan fingerprint density at radius 1 is 0.862 bits per heavy atom. The molecule has 0 amide bonds. The van der Waals surface area contributed by atoms with Crippen LogP contribution in [0.5, 0.6) is 5.75 Å². The Morgan fingerprint density at radius 2 is 1.45 bits per heavy atom. The first-order valence-corrected chi connectivity index (χ1v) is 10.2. The van der Waals surface area contributed by atoms with Gasteiger partial charge in [0.05, 0.1) is 16.3 Å². The third kappa shape index (κ3) is 6.07.